The van der Waals surface area contributed by atoms with Gasteiger partial charge in [-0.25, -0.2) is 9.97 Å². The van der Waals surface area contributed by atoms with Gasteiger partial charge in [-0.05, 0) is 55.0 Å². The smallest absolute Gasteiger partial charge is 0.289 e. The molecule has 0 aliphatic heterocycles. The van der Waals surface area contributed by atoms with Crippen molar-refractivity contribution in [1.29, 1.82) is 0 Å². The molecule has 0 bridgehead atoms. The Morgan fingerprint density at radius 2 is 1.98 bits per heavy atom. The second-order valence-electron chi connectivity index (χ2n) is 10.5. The van der Waals surface area contributed by atoms with E-state index in [9.17, 15) is 19.2 Å². The number of hydrogen-bond donors (Lipinski definition) is 3. The molecule has 3 amide bonds. The first-order valence-electron chi connectivity index (χ1n) is 13.7. The average Bonchev–Trinajstić information content (AvgIpc) is 3.63. The number of pyridine rings is 1. The minimum atomic E-state index is -1.02. The van der Waals surface area contributed by atoms with Gasteiger partial charge in [0, 0.05) is 20.3 Å². The van der Waals surface area contributed by atoms with E-state index in [0.717, 1.165) is 29.4 Å². The fourth-order valence-corrected chi connectivity index (χ4v) is 4.38. The third kappa shape index (κ3) is 7.59. The van der Waals surface area contributed by atoms with Crippen LogP contribution in [-0.2, 0) is 22.6 Å². The van der Waals surface area contributed by atoms with Gasteiger partial charge in [0.1, 0.15) is 17.6 Å². The van der Waals surface area contributed by atoms with Crippen molar-refractivity contribution in [2.45, 2.75) is 45.7 Å². The van der Waals surface area contributed by atoms with Crippen LogP contribution in [0.15, 0.2) is 70.5 Å². The molecule has 42 heavy (non-hydrogen) atoms. The molecule has 0 saturated carbocycles. The quantitative estimate of drug-likeness (QED) is 0.220. The number of amides is 3. The average molecular weight is 574 g/mol. The highest BCUT2D eigenvalue weighted by atomic mass is 16.3. The molecule has 12 nitrogen and oxygen atoms in total. The van der Waals surface area contributed by atoms with Gasteiger partial charge in [0.15, 0.2) is 6.39 Å². The van der Waals surface area contributed by atoms with Crippen molar-refractivity contribution in [3.8, 4) is 0 Å². The van der Waals surface area contributed by atoms with Crippen LogP contribution in [0.3, 0.4) is 0 Å². The number of likely N-dealkylation sites (N-methyl/N-ethyl adjacent to an activating group) is 1. The highest BCUT2D eigenvalue weighted by molar-refractivity contribution is 6.00. The first kappa shape index (κ1) is 30.0. The Morgan fingerprint density at radius 3 is 2.69 bits per heavy atom. The molecule has 12 heteroatoms. The number of rotatable bonds is 12. The maximum absolute atomic E-state index is 13.3. The minimum absolute atomic E-state index is 0.0522. The standard InChI is InChI=1S/C30H35N7O5/c1-19(2)15-20-9-7-11-21-27(20)35-25(32-21)17-37-14-8-12-23(30(37)41)34-28(39)22(10-5-6-13-26(38)36(3)4)33-29(40)24-16-31-18-42-24/h6-9,11-14,16,18-19,22H,5,10,15,17H2,1-4H3,(H,32,35)(H,33,40)(H,34,39)/b13-6+. The summed E-state index contributed by atoms with van der Waals surface area (Å²) in [6, 6.07) is 8.13. The Kier molecular flexibility index (Phi) is 9.69. The summed E-state index contributed by atoms with van der Waals surface area (Å²) in [4.78, 5) is 64.2. The van der Waals surface area contributed by atoms with Gasteiger partial charge >= 0.3 is 0 Å². The SMILES string of the molecule is CC(C)Cc1cccc2[nH]c(Cn3cccc(NC(=O)C(CC/C=C/C(=O)N(C)C)NC(=O)c4cnco4)c3=O)nc12. The third-order valence-electron chi connectivity index (χ3n) is 6.47. The second-order valence-corrected chi connectivity index (χ2v) is 10.5. The van der Waals surface area contributed by atoms with E-state index in [2.05, 4.69) is 40.5 Å². The van der Waals surface area contributed by atoms with E-state index >= 15 is 0 Å². The predicted octanol–water partition coefficient (Wildman–Crippen LogP) is 3.12. The van der Waals surface area contributed by atoms with Crippen LogP contribution in [0.25, 0.3) is 11.0 Å². The van der Waals surface area contributed by atoms with Crippen molar-refractivity contribution >= 4 is 34.4 Å². The number of aromatic nitrogens is 4. The third-order valence-corrected chi connectivity index (χ3v) is 6.47. The number of carbonyl (C=O) groups excluding carboxylic acids is 3. The summed E-state index contributed by atoms with van der Waals surface area (Å²) in [7, 11) is 3.26. The molecule has 0 radical (unpaired) electrons. The number of anilines is 1. The molecular formula is C30H35N7O5. The summed E-state index contributed by atoms with van der Waals surface area (Å²) in [5.74, 6) is -0.398. The van der Waals surface area contributed by atoms with E-state index in [1.165, 1.54) is 27.8 Å². The molecule has 1 unspecified atom stereocenters. The van der Waals surface area contributed by atoms with Crippen molar-refractivity contribution < 1.29 is 18.8 Å². The summed E-state index contributed by atoms with van der Waals surface area (Å²) in [6.07, 6.45) is 8.36. The number of H-pyrrole nitrogens is 1. The number of para-hydroxylation sites is 1. The van der Waals surface area contributed by atoms with E-state index in [1.807, 2.05) is 12.1 Å². The van der Waals surface area contributed by atoms with Crippen molar-refractivity contribution in [2.75, 3.05) is 19.4 Å². The monoisotopic (exact) mass is 573 g/mol. The molecule has 0 aliphatic carbocycles. The van der Waals surface area contributed by atoms with Gasteiger partial charge in [-0.1, -0.05) is 32.1 Å². The highest BCUT2D eigenvalue weighted by Gasteiger charge is 2.23. The molecule has 3 heterocycles. The Morgan fingerprint density at radius 1 is 1.17 bits per heavy atom. The fourth-order valence-electron chi connectivity index (χ4n) is 4.38. The van der Waals surface area contributed by atoms with Crippen molar-refractivity contribution in [1.82, 2.24) is 29.7 Å². The van der Waals surface area contributed by atoms with Crippen LogP contribution in [-0.4, -0.2) is 62.3 Å². The number of allylic oxidation sites excluding steroid dienone is 1. The zero-order valence-electron chi connectivity index (χ0n) is 24.1. The first-order chi connectivity index (χ1) is 20.1. The van der Waals surface area contributed by atoms with Gasteiger partial charge in [0.05, 0.1) is 23.8 Å². The normalized spacial score (nSPS) is 12.1. The van der Waals surface area contributed by atoms with Crippen LogP contribution in [0.5, 0.6) is 0 Å². The molecular weight excluding hydrogens is 538 g/mol. The number of fused-ring (bicyclic) bond motifs is 1. The number of nitrogens with one attached hydrogen (secondary N) is 3. The van der Waals surface area contributed by atoms with Gasteiger partial charge in [0.2, 0.25) is 17.6 Å². The van der Waals surface area contributed by atoms with Crippen molar-refractivity contribution in [3.63, 3.8) is 0 Å². The molecule has 4 aromatic rings. The summed E-state index contributed by atoms with van der Waals surface area (Å²) < 4.78 is 6.49. The molecule has 4 rings (SSSR count). The Balaban J connectivity index is 1.50. The molecule has 1 aromatic carbocycles. The molecule has 3 N–H and O–H groups in total. The lowest BCUT2D eigenvalue weighted by Gasteiger charge is -2.17. The Hall–Kier alpha value is -5.00. The summed E-state index contributed by atoms with van der Waals surface area (Å²) in [6.45, 7) is 4.48. The van der Waals surface area contributed by atoms with Gasteiger partial charge < -0.3 is 29.5 Å². The molecule has 1 atom stereocenters. The number of oxazole rings is 1. The zero-order chi connectivity index (χ0) is 30.2. The Labute approximate surface area is 242 Å². The first-order valence-corrected chi connectivity index (χ1v) is 13.7. The van der Waals surface area contributed by atoms with Gasteiger partial charge in [-0.2, -0.15) is 0 Å². The van der Waals surface area contributed by atoms with Crippen molar-refractivity contribution in [2.24, 2.45) is 5.92 Å². The molecule has 0 aliphatic rings. The van der Waals surface area contributed by atoms with Crippen LogP contribution >= 0.6 is 0 Å². The molecule has 0 saturated heterocycles. The second kappa shape index (κ2) is 13.6. The predicted molar refractivity (Wildman–Crippen MR) is 158 cm³/mol. The maximum atomic E-state index is 13.3. The largest absolute Gasteiger partial charge is 0.438 e. The lowest BCUT2D eigenvalue weighted by Crippen LogP contribution is -2.44. The Bertz CT molecular complexity index is 1630. The molecule has 3 aromatic heterocycles. The van der Waals surface area contributed by atoms with Crippen molar-refractivity contribution in [3.05, 3.63) is 88.8 Å². The number of carbonyl (C=O) groups is 3. The minimum Gasteiger partial charge on any atom is -0.438 e. The maximum Gasteiger partial charge on any atom is 0.289 e. The van der Waals surface area contributed by atoms with Crippen LogP contribution in [0.4, 0.5) is 5.69 Å². The number of nitrogens with zero attached hydrogens (tertiary/aromatic N) is 4. The van der Waals surface area contributed by atoms with Crippen LogP contribution in [0.2, 0.25) is 0 Å². The summed E-state index contributed by atoms with van der Waals surface area (Å²) in [5.41, 5.74) is 2.54. The molecule has 220 valence electrons. The summed E-state index contributed by atoms with van der Waals surface area (Å²) >= 11 is 0. The van der Waals surface area contributed by atoms with Crippen LogP contribution in [0, 0.1) is 5.92 Å². The highest BCUT2D eigenvalue weighted by Crippen LogP contribution is 2.20. The lowest BCUT2D eigenvalue weighted by molar-refractivity contribution is -0.123. The van der Waals surface area contributed by atoms with Gasteiger partial charge in [-0.3, -0.25) is 19.2 Å². The van der Waals surface area contributed by atoms with E-state index in [4.69, 9.17) is 9.40 Å². The van der Waals surface area contributed by atoms with Crippen LogP contribution < -0.4 is 16.2 Å². The van der Waals surface area contributed by atoms with E-state index < -0.39 is 23.4 Å². The number of aromatic amines is 1. The van der Waals surface area contributed by atoms with Crippen LogP contribution in [0.1, 0.15) is 48.6 Å². The van der Waals surface area contributed by atoms with Gasteiger partial charge in [0.25, 0.3) is 11.5 Å². The molecule has 0 spiro atoms. The van der Waals surface area contributed by atoms with E-state index in [1.54, 1.807) is 32.4 Å². The lowest BCUT2D eigenvalue weighted by atomic mass is 10.0. The number of imidazole rings is 1. The van der Waals surface area contributed by atoms with Gasteiger partial charge in [-0.15, -0.1) is 0 Å². The number of benzene rings is 1. The fraction of sp³-hybridized carbons (Fsp3) is 0.333. The summed E-state index contributed by atoms with van der Waals surface area (Å²) in [5, 5.41) is 5.27. The molecule has 0 fully saturated rings. The van der Waals surface area contributed by atoms with E-state index in [0.29, 0.717) is 18.2 Å². The zero-order valence-corrected chi connectivity index (χ0v) is 24.1. The topological polar surface area (TPSA) is 155 Å². The van der Waals surface area contributed by atoms with E-state index in [-0.39, 0.29) is 30.3 Å². The number of hydrogen-bond acceptors (Lipinski definition) is 7.